The third-order valence-corrected chi connectivity index (χ3v) is 3.81. The molecule has 0 saturated heterocycles. The Hall–Kier alpha value is -3.00. The van der Waals surface area contributed by atoms with Gasteiger partial charge in [-0.1, -0.05) is 61.2 Å². The molecule has 0 radical (unpaired) electrons. The fourth-order valence-electron chi connectivity index (χ4n) is 2.49. The summed E-state index contributed by atoms with van der Waals surface area (Å²) in [6, 6.07) is 20.5. The van der Waals surface area contributed by atoms with Crippen molar-refractivity contribution >= 4 is 18.5 Å². The molecule has 0 aliphatic carbocycles. The Kier molecular flexibility index (Phi) is 4.15. The number of benzene rings is 3. The van der Waals surface area contributed by atoms with Gasteiger partial charge in [-0.05, 0) is 47.2 Å². The Bertz CT molecular complexity index is 846. The first kappa shape index (κ1) is 14.9. The van der Waals surface area contributed by atoms with Crippen LogP contribution in [0, 0.1) is 5.82 Å². The van der Waals surface area contributed by atoms with Gasteiger partial charge in [-0.15, -0.1) is 0 Å². The summed E-state index contributed by atoms with van der Waals surface area (Å²) >= 11 is 0. The molecule has 0 aliphatic rings. The van der Waals surface area contributed by atoms with Gasteiger partial charge in [0.1, 0.15) is 5.82 Å². The van der Waals surface area contributed by atoms with Gasteiger partial charge in [-0.25, -0.2) is 4.39 Å². The van der Waals surface area contributed by atoms with E-state index in [0.717, 1.165) is 27.9 Å². The molecule has 0 aromatic heterocycles. The van der Waals surface area contributed by atoms with Gasteiger partial charge in [-0.3, -0.25) is 4.99 Å². The first-order valence-corrected chi connectivity index (χ1v) is 7.31. The third kappa shape index (κ3) is 3.11. The average Bonchev–Trinajstić information content (AvgIpc) is 2.62. The minimum Gasteiger partial charge on any atom is -0.265 e. The summed E-state index contributed by atoms with van der Waals surface area (Å²) in [6.45, 7) is 7.21. The van der Waals surface area contributed by atoms with Gasteiger partial charge in [0.15, 0.2) is 0 Å². The van der Waals surface area contributed by atoms with Crippen molar-refractivity contribution in [3.63, 3.8) is 0 Å². The first-order chi connectivity index (χ1) is 11.2. The van der Waals surface area contributed by atoms with Crippen molar-refractivity contribution in [1.29, 1.82) is 0 Å². The minimum atomic E-state index is -0.241. The molecule has 3 aromatic rings. The van der Waals surface area contributed by atoms with E-state index >= 15 is 0 Å². The molecule has 0 aliphatic heterocycles. The second-order valence-corrected chi connectivity index (χ2v) is 5.23. The summed E-state index contributed by atoms with van der Waals surface area (Å²) < 4.78 is 14.5. The molecule has 23 heavy (non-hydrogen) atoms. The zero-order valence-electron chi connectivity index (χ0n) is 12.7. The molecule has 0 atom stereocenters. The Labute approximate surface area is 135 Å². The lowest BCUT2D eigenvalue weighted by Gasteiger charge is -2.08. The van der Waals surface area contributed by atoms with E-state index in [1.807, 2.05) is 60.7 Å². The molecule has 1 nitrogen and oxygen atoms in total. The van der Waals surface area contributed by atoms with Gasteiger partial charge in [0, 0.05) is 5.56 Å². The highest BCUT2D eigenvalue weighted by Gasteiger charge is 2.07. The molecular formula is C21H16FN. The number of hydrogen-bond donors (Lipinski definition) is 0. The van der Waals surface area contributed by atoms with Crippen molar-refractivity contribution in [2.45, 2.75) is 0 Å². The van der Waals surface area contributed by atoms with Gasteiger partial charge >= 0.3 is 0 Å². The van der Waals surface area contributed by atoms with E-state index in [0.29, 0.717) is 5.56 Å². The van der Waals surface area contributed by atoms with E-state index in [1.54, 1.807) is 12.1 Å². The summed E-state index contributed by atoms with van der Waals surface area (Å²) in [5.74, 6) is -0.241. The van der Waals surface area contributed by atoms with E-state index in [9.17, 15) is 4.39 Å². The van der Waals surface area contributed by atoms with E-state index in [-0.39, 0.29) is 5.82 Å². The molecule has 112 valence electrons. The molecule has 0 bridgehead atoms. The lowest BCUT2D eigenvalue weighted by Crippen LogP contribution is -1.86. The molecule has 3 aromatic carbocycles. The second kappa shape index (κ2) is 6.41. The largest absolute Gasteiger partial charge is 0.265 e. The second-order valence-electron chi connectivity index (χ2n) is 5.23. The molecule has 0 heterocycles. The zero-order valence-corrected chi connectivity index (χ0v) is 12.7. The van der Waals surface area contributed by atoms with Gasteiger partial charge in [-0.2, -0.15) is 0 Å². The van der Waals surface area contributed by atoms with E-state index in [4.69, 9.17) is 0 Å². The Morgan fingerprint density at radius 3 is 1.96 bits per heavy atom. The Morgan fingerprint density at radius 2 is 1.39 bits per heavy atom. The molecule has 0 fully saturated rings. The van der Waals surface area contributed by atoms with Crippen molar-refractivity contribution in [3.8, 4) is 22.3 Å². The van der Waals surface area contributed by atoms with Crippen LogP contribution >= 0.6 is 0 Å². The Morgan fingerprint density at radius 1 is 0.783 bits per heavy atom. The lowest BCUT2D eigenvalue weighted by molar-refractivity contribution is 0.632. The standard InChI is InChI=1S/C21H16FN/c1-3-15-4-6-16(7-5-15)18-10-13-20(21(22)14-18)17-8-11-19(23-2)12-9-17/h3-14H,1-2H2. The van der Waals surface area contributed by atoms with Gasteiger partial charge in [0.2, 0.25) is 0 Å². The van der Waals surface area contributed by atoms with Crippen molar-refractivity contribution in [1.82, 2.24) is 0 Å². The number of hydrogen-bond acceptors (Lipinski definition) is 1. The van der Waals surface area contributed by atoms with Crippen molar-refractivity contribution in [3.05, 3.63) is 84.7 Å². The van der Waals surface area contributed by atoms with Gasteiger partial charge in [0.05, 0.1) is 5.69 Å². The molecule has 0 saturated carbocycles. The summed E-state index contributed by atoms with van der Waals surface area (Å²) in [4.78, 5) is 3.84. The minimum absolute atomic E-state index is 0.241. The van der Waals surface area contributed by atoms with E-state index in [1.165, 1.54) is 0 Å². The normalized spacial score (nSPS) is 10.3. The zero-order chi connectivity index (χ0) is 16.2. The van der Waals surface area contributed by atoms with Crippen LogP contribution in [-0.2, 0) is 0 Å². The Balaban J connectivity index is 1.95. The molecular weight excluding hydrogens is 285 g/mol. The topological polar surface area (TPSA) is 12.4 Å². The number of halogens is 1. The van der Waals surface area contributed by atoms with Crippen molar-refractivity contribution < 1.29 is 4.39 Å². The molecule has 2 heteroatoms. The quantitative estimate of drug-likeness (QED) is 0.514. The highest BCUT2D eigenvalue weighted by Crippen LogP contribution is 2.29. The van der Waals surface area contributed by atoms with E-state index in [2.05, 4.69) is 18.3 Å². The van der Waals surface area contributed by atoms with Crippen LogP contribution in [0.25, 0.3) is 28.3 Å². The lowest BCUT2D eigenvalue weighted by atomic mass is 9.99. The highest BCUT2D eigenvalue weighted by molar-refractivity contribution is 5.72. The van der Waals surface area contributed by atoms with Crippen LogP contribution in [0.2, 0.25) is 0 Å². The number of nitrogens with zero attached hydrogens (tertiary/aromatic N) is 1. The number of aliphatic imine (C=N–C) groups is 1. The van der Waals surface area contributed by atoms with Crippen LogP contribution in [-0.4, -0.2) is 6.72 Å². The molecule has 0 spiro atoms. The third-order valence-electron chi connectivity index (χ3n) is 3.81. The first-order valence-electron chi connectivity index (χ1n) is 7.31. The SMILES string of the molecule is C=Cc1ccc(-c2ccc(-c3ccc(N=C)cc3)c(F)c2)cc1. The molecule has 3 rings (SSSR count). The van der Waals surface area contributed by atoms with Crippen molar-refractivity contribution in [2.24, 2.45) is 4.99 Å². The van der Waals surface area contributed by atoms with Crippen LogP contribution in [0.15, 0.2) is 78.3 Å². The van der Waals surface area contributed by atoms with Gasteiger partial charge < -0.3 is 0 Å². The summed E-state index contributed by atoms with van der Waals surface area (Å²) in [7, 11) is 0. The predicted octanol–water partition coefficient (Wildman–Crippen LogP) is 6.13. The van der Waals surface area contributed by atoms with Crippen LogP contribution in [0.3, 0.4) is 0 Å². The van der Waals surface area contributed by atoms with E-state index < -0.39 is 0 Å². The van der Waals surface area contributed by atoms with Crippen LogP contribution in [0.5, 0.6) is 0 Å². The molecule has 0 N–H and O–H groups in total. The van der Waals surface area contributed by atoms with Crippen LogP contribution in [0.4, 0.5) is 10.1 Å². The van der Waals surface area contributed by atoms with Crippen LogP contribution < -0.4 is 0 Å². The van der Waals surface area contributed by atoms with Crippen molar-refractivity contribution in [2.75, 3.05) is 0 Å². The highest BCUT2D eigenvalue weighted by atomic mass is 19.1. The van der Waals surface area contributed by atoms with Gasteiger partial charge in [0.25, 0.3) is 0 Å². The average molecular weight is 301 g/mol. The molecule has 0 unspecified atom stereocenters. The number of rotatable bonds is 4. The monoisotopic (exact) mass is 301 g/mol. The van der Waals surface area contributed by atoms with Crippen LogP contribution in [0.1, 0.15) is 5.56 Å². The summed E-state index contributed by atoms with van der Waals surface area (Å²) in [5, 5.41) is 0. The fraction of sp³-hybridized carbons (Fsp3) is 0. The maximum atomic E-state index is 14.5. The molecule has 0 amide bonds. The summed E-state index contributed by atoms with van der Waals surface area (Å²) in [5.41, 5.74) is 5.05. The predicted molar refractivity (Wildman–Crippen MR) is 96.6 cm³/mol. The summed E-state index contributed by atoms with van der Waals surface area (Å²) in [6.07, 6.45) is 1.79. The maximum absolute atomic E-state index is 14.5. The fourth-order valence-corrected chi connectivity index (χ4v) is 2.49. The smallest absolute Gasteiger partial charge is 0.131 e. The maximum Gasteiger partial charge on any atom is 0.131 e.